The number of anilines is 1. The molecule has 1 aromatic rings. The predicted octanol–water partition coefficient (Wildman–Crippen LogP) is 3.37. The summed E-state index contributed by atoms with van der Waals surface area (Å²) in [7, 11) is 0. The molecule has 1 fully saturated rings. The number of rotatable bonds is 4. The zero-order valence-corrected chi connectivity index (χ0v) is 11.4. The third-order valence-electron chi connectivity index (χ3n) is 3.96. The first kappa shape index (κ1) is 13.6. The molecule has 0 bridgehead atoms. The van der Waals surface area contributed by atoms with E-state index in [1.807, 2.05) is 30.3 Å². The highest BCUT2D eigenvalue weighted by atomic mass is 16.2. The molecule has 0 saturated heterocycles. The molecule has 1 aromatic carbocycles. The van der Waals surface area contributed by atoms with Crippen molar-refractivity contribution in [3.8, 4) is 6.07 Å². The number of benzene rings is 1. The molecule has 0 aromatic heterocycles. The van der Waals surface area contributed by atoms with Crippen LogP contribution in [-0.2, 0) is 4.79 Å². The second kappa shape index (κ2) is 6.38. The van der Waals surface area contributed by atoms with Gasteiger partial charge in [-0.2, -0.15) is 5.26 Å². The fourth-order valence-corrected chi connectivity index (χ4v) is 2.85. The van der Waals surface area contributed by atoms with Gasteiger partial charge in [0, 0.05) is 18.2 Å². The Labute approximate surface area is 114 Å². The molecular weight excluding hydrogens is 236 g/mol. The summed E-state index contributed by atoms with van der Waals surface area (Å²) in [5, 5.41) is 8.77. The summed E-state index contributed by atoms with van der Waals surface area (Å²) in [6.45, 7) is 2.64. The van der Waals surface area contributed by atoms with E-state index >= 15 is 0 Å². The molecule has 0 heterocycles. The number of para-hydroxylation sites is 1. The molecule has 1 aliphatic carbocycles. The quantitative estimate of drug-likeness (QED) is 0.829. The van der Waals surface area contributed by atoms with E-state index in [1.54, 1.807) is 4.90 Å². The second-order valence-corrected chi connectivity index (χ2v) is 5.25. The van der Waals surface area contributed by atoms with Crippen molar-refractivity contribution in [2.75, 3.05) is 11.4 Å². The van der Waals surface area contributed by atoms with E-state index in [2.05, 4.69) is 13.0 Å². The summed E-state index contributed by atoms with van der Waals surface area (Å²) >= 11 is 0. The van der Waals surface area contributed by atoms with Gasteiger partial charge in [-0.25, -0.2) is 0 Å². The lowest BCUT2D eigenvalue weighted by molar-refractivity contribution is -0.123. The Morgan fingerprint density at radius 2 is 2.11 bits per heavy atom. The molecule has 19 heavy (non-hydrogen) atoms. The largest absolute Gasteiger partial charge is 0.311 e. The van der Waals surface area contributed by atoms with Crippen LogP contribution in [0, 0.1) is 23.2 Å². The van der Waals surface area contributed by atoms with Crippen molar-refractivity contribution in [3.05, 3.63) is 30.3 Å². The first-order chi connectivity index (χ1) is 9.24. The molecule has 1 aliphatic rings. The van der Waals surface area contributed by atoms with E-state index < -0.39 is 0 Å². The van der Waals surface area contributed by atoms with Crippen molar-refractivity contribution >= 4 is 11.6 Å². The van der Waals surface area contributed by atoms with Crippen LogP contribution in [0.4, 0.5) is 5.69 Å². The lowest BCUT2D eigenvalue weighted by atomic mass is 9.96. The minimum Gasteiger partial charge on any atom is -0.311 e. The zero-order chi connectivity index (χ0) is 13.7. The van der Waals surface area contributed by atoms with Crippen LogP contribution < -0.4 is 4.90 Å². The zero-order valence-electron chi connectivity index (χ0n) is 11.4. The highest BCUT2D eigenvalue weighted by Gasteiger charge is 2.33. The third-order valence-corrected chi connectivity index (χ3v) is 3.96. The fraction of sp³-hybridized carbons (Fsp3) is 0.500. The summed E-state index contributed by atoms with van der Waals surface area (Å²) in [5.74, 6) is 0.770. The van der Waals surface area contributed by atoms with Crippen LogP contribution in [0.15, 0.2) is 30.3 Å². The van der Waals surface area contributed by atoms with Gasteiger partial charge in [0.05, 0.1) is 12.5 Å². The molecule has 100 valence electrons. The van der Waals surface area contributed by atoms with Crippen molar-refractivity contribution in [2.24, 2.45) is 11.8 Å². The topological polar surface area (TPSA) is 44.1 Å². The number of amides is 1. The predicted molar refractivity (Wildman–Crippen MR) is 75.5 cm³/mol. The maximum Gasteiger partial charge on any atom is 0.230 e. The van der Waals surface area contributed by atoms with Gasteiger partial charge in [0.1, 0.15) is 0 Å². The van der Waals surface area contributed by atoms with Gasteiger partial charge in [0.15, 0.2) is 0 Å². The third kappa shape index (κ3) is 3.14. The fourth-order valence-electron chi connectivity index (χ4n) is 2.85. The Morgan fingerprint density at radius 3 is 2.68 bits per heavy atom. The van der Waals surface area contributed by atoms with Gasteiger partial charge in [-0.1, -0.05) is 31.5 Å². The summed E-state index contributed by atoms with van der Waals surface area (Å²) in [6.07, 6.45) is 3.63. The van der Waals surface area contributed by atoms with Crippen LogP contribution in [0.5, 0.6) is 0 Å². The van der Waals surface area contributed by atoms with E-state index in [1.165, 1.54) is 0 Å². The monoisotopic (exact) mass is 256 g/mol. The molecule has 2 atom stereocenters. The standard InChI is InChI=1S/C16H20N2O/c1-13-7-5-10-15(13)16(19)18(12-6-11-17)14-8-3-2-4-9-14/h2-4,8-9,13,15H,5-7,10,12H2,1H3. The Morgan fingerprint density at radius 1 is 1.37 bits per heavy atom. The highest BCUT2D eigenvalue weighted by molar-refractivity contribution is 5.95. The Balaban J connectivity index is 2.18. The van der Waals surface area contributed by atoms with E-state index in [-0.39, 0.29) is 11.8 Å². The summed E-state index contributed by atoms with van der Waals surface area (Å²) < 4.78 is 0. The molecule has 1 amide bonds. The molecule has 1 saturated carbocycles. The van der Waals surface area contributed by atoms with Crippen molar-refractivity contribution in [1.29, 1.82) is 5.26 Å². The van der Waals surface area contributed by atoms with Gasteiger partial charge in [-0.05, 0) is 30.9 Å². The van der Waals surface area contributed by atoms with E-state index in [4.69, 9.17) is 5.26 Å². The molecule has 0 aliphatic heterocycles. The van der Waals surface area contributed by atoms with Crippen LogP contribution in [0.2, 0.25) is 0 Å². The Kier molecular flexibility index (Phi) is 4.57. The maximum atomic E-state index is 12.7. The highest BCUT2D eigenvalue weighted by Crippen LogP contribution is 2.33. The normalized spacial score (nSPS) is 21.9. The minimum atomic E-state index is 0.124. The van der Waals surface area contributed by atoms with Crippen LogP contribution in [0.25, 0.3) is 0 Å². The van der Waals surface area contributed by atoms with Crippen molar-refractivity contribution in [3.63, 3.8) is 0 Å². The van der Waals surface area contributed by atoms with Crippen molar-refractivity contribution in [2.45, 2.75) is 32.6 Å². The summed E-state index contributed by atoms with van der Waals surface area (Å²) in [4.78, 5) is 14.5. The van der Waals surface area contributed by atoms with Gasteiger partial charge in [-0.3, -0.25) is 4.79 Å². The smallest absolute Gasteiger partial charge is 0.230 e. The minimum absolute atomic E-state index is 0.124. The molecule has 2 rings (SSSR count). The molecule has 0 spiro atoms. The number of hydrogen-bond acceptors (Lipinski definition) is 2. The molecule has 3 heteroatoms. The van der Waals surface area contributed by atoms with E-state index in [0.717, 1.165) is 24.9 Å². The lowest BCUT2D eigenvalue weighted by Crippen LogP contribution is -2.37. The Hall–Kier alpha value is -1.82. The number of carbonyl (C=O) groups excluding carboxylic acids is 1. The number of carbonyl (C=O) groups is 1. The van der Waals surface area contributed by atoms with Gasteiger partial charge < -0.3 is 4.90 Å². The van der Waals surface area contributed by atoms with Gasteiger partial charge in [0.25, 0.3) is 0 Å². The second-order valence-electron chi connectivity index (χ2n) is 5.25. The van der Waals surface area contributed by atoms with Crippen LogP contribution in [0.1, 0.15) is 32.6 Å². The molecule has 0 N–H and O–H groups in total. The molecule has 0 radical (unpaired) electrons. The van der Waals surface area contributed by atoms with Crippen LogP contribution in [-0.4, -0.2) is 12.5 Å². The van der Waals surface area contributed by atoms with Crippen molar-refractivity contribution in [1.82, 2.24) is 0 Å². The van der Waals surface area contributed by atoms with Gasteiger partial charge in [0.2, 0.25) is 5.91 Å². The van der Waals surface area contributed by atoms with E-state index in [9.17, 15) is 4.79 Å². The number of nitriles is 1. The van der Waals surface area contributed by atoms with Gasteiger partial charge >= 0.3 is 0 Å². The summed E-state index contributed by atoms with van der Waals surface area (Å²) in [6, 6.07) is 11.8. The maximum absolute atomic E-state index is 12.7. The average molecular weight is 256 g/mol. The first-order valence-corrected chi connectivity index (χ1v) is 6.97. The van der Waals surface area contributed by atoms with Crippen LogP contribution >= 0.6 is 0 Å². The Bertz CT molecular complexity index is 463. The molecular formula is C16H20N2O. The number of nitrogens with zero attached hydrogens (tertiary/aromatic N) is 2. The van der Waals surface area contributed by atoms with E-state index in [0.29, 0.717) is 18.9 Å². The molecule has 2 unspecified atom stereocenters. The van der Waals surface area contributed by atoms with Crippen LogP contribution in [0.3, 0.4) is 0 Å². The number of hydrogen-bond donors (Lipinski definition) is 0. The summed E-state index contributed by atoms with van der Waals surface area (Å²) in [5.41, 5.74) is 0.904. The first-order valence-electron chi connectivity index (χ1n) is 6.97. The average Bonchev–Trinajstić information content (AvgIpc) is 2.86. The SMILES string of the molecule is CC1CCCC1C(=O)N(CCC#N)c1ccccc1. The molecule has 3 nitrogen and oxygen atoms in total. The lowest BCUT2D eigenvalue weighted by Gasteiger charge is -2.26. The van der Waals surface area contributed by atoms with Crippen molar-refractivity contribution < 1.29 is 4.79 Å². The van der Waals surface area contributed by atoms with Gasteiger partial charge in [-0.15, -0.1) is 0 Å².